The first-order valence-corrected chi connectivity index (χ1v) is 11.1. The molecule has 1 aromatic heterocycles. The summed E-state index contributed by atoms with van der Waals surface area (Å²) in [4.78, 5) is 31.9. The number of carbonyl (C=O) groups is 2. The lowest BCUT2D eigenvalue weighted by Crippen LogP contribution is -2.29. The Morgan fingerprint density at radius 3 is 2.27 bits per heavy atom. The zero-order valence-electron chi connectivity index (χ0n) is 18.7. The van der Waals surface area contributed by atoms with Gasteiger partial charge in [0.2, 0.25) is 0 Å². The molecular formula is C27H25ClN2O3. The van der Waals surface area contributed by atoms with Gasteiger partial charge in [0.05, 0.1) is 11.6 Å². The van der Waals surface area contributed by atoms with Crippen LogP contribution in [0.2, 0.25) is 5.02 Å². The van der Waals surface area contributed by atoms with Crippen molar-refractivity contribution in [1.29, 1.82) is 0 Å². The number of benzene rings is 2. The summed E-state index contributed by atoms with van der Waals surface area (Å²) < 4.78 is 0. The number of Topliss-reactive ketones (excluding diaryl/α,β-unsaturated/α-hetero) is 1. The molecule has 0 spiro atoms. The molecule has 1 fully saturated rings. The van der Waals surface area contributed by atoms with Crippen molar-refractivity contribution in [2.75, 3.05) is 0 Å². The van der Waals surface area contributed by atoms with E-state index in [1.54, 1.807) is 42.7 Å². The molecule has 0 bridgehead atoms. The molecule has 1 aliphatic rings. The van der Waals surface area contributed by atoms with Crippen LogP contribution < -0.4 is 0 Å². The minimum atomic E-state index is -0.727. The first-order valence-electron chi connectivity index (χ1n) is 10.7. The van der Waals surface area contributed by atoms with Crippen molar-refractivity contribution in [3.05, 3.63) is 106 Å². The molecule has 1 amide bonds. The normalized spacial score (nSPS) is 18.1. The number of amides is 1. The highest BCUT2D eigenvalue weighted by Gasteiger charge is 2.46. The average Bonchev–Trinajstić information content (AvgIpc) is 3.04. The number of nitrogens with zero attached hydrogens (tertiary/aromatic N) is 2. The third-order valence-corrected chi connectivity index (χ3v) is 6.08. The number of hydrogen-bond acceptors (Lipinski definition) is 4. The Hall–Kier alpha value is -3.44. The van der Waals surface area contributed by atoms with Crippen LogP contribution in [0, 0.1) is 0 Å². The molecule has 5 nitrogen and oxygen atoms in total. The minimum Gasteiger partial charge on any atom is -0.507 e. The van der Waals surface area contributed by atoms with Gasteiger partial charge in [-0.1, -0.05) is 62.7 Å². The molecule has 1 aliphatic heterocycles. The van der Waals surface area contributed by atoms with Crippen LogP contribution in [0.25, 0.3) is 5.76 Å². The van der Waals surface area contributed by atoms with Crippen LogP contribution >= 0.6 is 11.6 Å². The maximum atomic E-state index is 13.1. The van der Waals surface area contributed by atoms with Crippen molar-refractivity contribution in [3.8, 4) is 0 Å². The number of hydrogen-bond donors (Lipinski definition) is 1. The smallest absolute Gasteiger partial charge is 0.295 e. The van der Waals surface area contributed by atoms with Crippen molar-refractivity contribution < 1.29 is 14.7 Å². The van der Waals surface area contributed by atoms with E-state index in [1.807, 2.05) is 30.3 Å². The zero-order valence-corrected chi connectivity index (χ0v) is 19.5. The van der Waals surface area contributed by atoms with Crippen molar-refractivity contribution in [1.82, 2.24) is 9.88 Å². The molecule has 0 unspecified atom stereocenters. The summed E-state index contributed by atoms with van der Waals surface area (Å²) in [6.45, 7) is 6.56. The first kappa shape index (κ1) is 22.7. The van der Waals surface area contributed by atoms with Crippen molar-refractivity contribution in [3.63, 3.8) is 0 Å². The molecule has 1 N–H and O–H groups in total. The Balaban J connectivity index is 1.85. The van der Waals surface area contributed by atoms with Gasteiger partial charge in [0.25, 0.3) is 11.7 Å². The molecule has 0 aliphatic carbocycles. The van der Waals surface area contributed by atoms with Gasteiger partial charge in [-0.3, -0.25) is 14.6 Å². The second-order valence-corrected chi connectivity index (χ2v) is 9.60. The summed E-state index contributed by atoms with van der Waals surface area (Å²) in [7, 11) is 0. The van der Waals surface area contributed by atoms with E-state index in [9.17, 15) is 14.7 Å². The van der Waals surface area contributed by atoms with Gasteiger partial charge < -0.3 is 10.0 Å². The lowest BCUT2D eigenvalue weighted by atomic mass is 9.85. The predicted octanol–water partition coefficient (Wildman–Crippen LogP) is 5.65. The number of halogens is 1. The van der Waals surface area contributed by atoms with E-state index in [-0.39, 0.29) is 23.3 Å². The van der Waals surface area contributed by atoms with Gasteiger partial charge in [0, 0.05) is 29.5 Å². The van der Waals surface area contributed by atoms with Gasteiger partial charge in [-0.25, -0.2) is 0 Å². The largest absolute Gasteiger partial charge is 0.507 e. The van der Waals surface area contributed by atoms with E-state index in [0.29, 0.717) is 10.6 Å². The van der Waals surface area contributed by atoms with Crippen LogP contribution in [0.5, 0.6) is 0 Å². The van der Waals surface area contributed by atoms with Crippen LogP contribution in [-0.4, -0.2) is 26.7 Å². The van der Waals surface area contributed by atoms with Gasteiger partial charge in [0.1, 0.15) is 5.76 Å². The van der Waals surface area contributed by atoms with Crippen LogP contribution in [0.4, 0.5) is 0 Å². The van der Waals surface area contributed by atoms with E-state index >= 15 is 0 Å². The number of aliphatic hydroxyl groups is 1. The molecule has 168 valence electrons. The lowest BCUT2D eigenvalue weighted by Gasteiger charge is -2.26. The molecule has 4 rings (SSSR count). The van der Waals surface area contributed by atoms with E-state index in [2.05, 4.69) is 25.8 Å². The fourth-order valence-electron chi connectivity index (χ4n) is 4.01. The SMILES string of the molecule is CC(C)(C)c1ccc([C@@H]2C(=C(O)c3ccc(Cl)cc3)C(=O)C(=O)N2Cc2cccnc2)cc1. The van der Waals surface area contributed by atoms with Crippen molar-refractivity contribution in [2.45, 2.75) is 38.8 Å². The number of rotatable bonds is 4. The fraction of sp³-hybridized carbons (Fsp3) is 0.222. The summed E-state index contributed by atoms with van der Waals surface area (Å²) in [5.41, 5.74) is 3.13. The molecule has 2 heterocycles. The number of aromatic nitrogens is 1. The Bertz CT molecular complexity index is 1210. The van der Waals surface area contributed by atoms with Gasteiger partial charge in [-0.05, 0) is 52.4 Å². The first-order chi connectivity index (χ1) is 15.7. The van der Waals surface area contributed by atoms with Crippen LogP contribution in [-0.2, 0) is 21.5 Å². The van der Waals surface area contributed by atoms with E-state index in [1.165, 1.54) is 4.90 Å². The molecule has 3 aromatic rings. The Morgan fingerprint density at radius 1 is 1.03 bits per heavy atom. The summed E-state index contributed by atoms with van der Waals surface area (Å²) in [6.07, 6.45) is 3.32. The molecule has 1 saturated heterocycles. The third kappa shape index (κ3) is 4.55. The van der Waals surface area contributed by atoms with Crippen molar-refractivity contribution >= 4 is 29.1 Å². The molecule has 0 saturated carbocycles. The lowest BCUT2D eigenvalue weighted by molar-refractivity contribution is -0.140. The molecule has 6 heteroatoms. The highest BCUT2D eigenvalue weighted by molar-refractivity contribution is 6.46. The summed E-state index contributed by atoms with van der Waals surface area (Å²) in [6, 6.07) is 17.3. The van der Waals surface area contributed by atoms with Gasteiger partial charge >= 0.3 is 0 Å². The maximum absolute atomic E-state index is 13.1. The summed E-state index contributed by atoms with van der Waals surface area (Å²) in [5.74, 6) is -1.58. The molecular weight excluding hydrogens is 436 g/mol. The third-order valence-electron chi connectivity index (χ3n) is 5.83. The van der Waals surface area contributed by atoms with Crippen molar-refractivity contribution in [2.24, 2.45) is 0 Å². The highest BCUT2D eigenvalue weighted by atomic mass is 35.5. The molecule has 0 radical (unpaired) electrons. The molecule has 1 atom stereocenters. The number of aliphatic hydroxyl groups excluding tert-OH is 1. The van der Waals surface area contributed by atoms with E-state index in [0.717, 1.165) is 16.7 Å². The monoisotopic (exact) mass is 460 g/mol. The van der Waals surface area contributed by atoms with Gasteiger partial charge in [0.15, 0.2) is 0 Å². The minimum absolute atomic E-state index is 0.0423. The second-order valence-electron chi connectivity index (χ2n) is 9.17. The van der Waals surface area contributed by atoms with Gasteiger partial charge in [-0.2, -0.15) is 0 Å². The number of pyridine rings is 1. The number of carbonyl (C=O) groups excluding carboxylic acids is 2. The van der Waals surface area contributed by atoms with E-state index in [4.69, 9.17) is 11.6 Å². The molecule has 33 heavy (non-hydrogen) atoms. The standard InChI is InChI=1S/C27H25ClN2O3/c1-27(2,3)20-10-6-18(7-11-20)23-22(24(31)19-8-12-21(28)13-9-19)25(32)26(33)30(23)16-17-5-4-14-29-15-17/h4-15,23,31H,16H2,1-3H3/t23-/m1/s1. The second kappa shape index (κ2) is 8.83. The van der Waals surface area contributed by atoms with E-state index < -0.39 is 17.7 Å². The Labute approximate surface area is 198 Å². The zero-order chi connectivity index (χ0) is 23.8. The van der Waals surface area contributed by atoms with Crippen LogP contribution in [0.1, 0.15) is 49.1 Å². The fourth-order valence-corrected chi connectivity index (χ4v) is 4.13. The summed E-state index contributed by atoms with van der Waals surface area (Å²) in [5, 5.41) is 11.6. The number of likely N-dealkylation sites (tertiary alicyclic amines) is 1. The van der Waals surface area contributed by atoms with Gasteiger partial charge in [-0.15, -0.1) is 0 Å². The summed E-state index contributed by atoms with van der Waals surface area (Å²) >= 11 is 5.98. The molecule has 2 aromatic carbocycles. The topological polar surface area (TPSA) is 70.5 Å². The average molecular weight is 461 g/mol. The Morgan fingerprint density at radius 2 is 1.70 bits per heavy atom. The predicted molar refractivity (Wildman–Crippen MR) is 129 cm³/mol. The number of ketones is 1. The quantitative estimate of drug-likeness (QED) is 0.310. The maximum Gasteiger partial charge on any atom is 0.295 e. The Kier molecular flexibility index (Phi) is 6.09. The van der Waals surface area contributed by atoms with Crippen LogP contribution in [0.3, 0.4) is 0 Å². The van der Waals surface area contributed by atoms with Crippen LogP contribution in [0.15, 0.2) is 78.6 Å². The highest BCUT2D eigenvalue weighted by Crippen LogP contribution is 2.40.